The summed E-state index contributed by atoms with van der Waals surface area (Å²) in [6.45, 7) is 1.16. The molecule has 1 atom stereocenters. The number of benzene rings is 1. The standard InChI is InChI=1S/C16H15NO3/c18-10-13-5-6-14(9-17-13)20-11-16-15-4-2-1-3-12(15)7-8-19-16/h1-6,9-10,16H,7-8,11H2. The van der Waals surface area contributed by atoms with Crippen molar-refractivity contribution in [2.24, 2.45) is 0 Å². The van der Waals surface area contributed by atoms with Gasteiger partial charge in [-0.2, -0.15) is 0 Å². The molecule has 0 saturated heterocycles. The van der Waals surface area contributed by atoms with Gasteiger partial charge in [0.25, 0.3) is 0 Å². The van der Waals surface area contributed by atoms with Crippen molar-refractivity contribution in [2.45, 2.75) is 12.5 Å². The van der Waals surface area contributed by atoms with Gasteiger partial charge < -0.3 is 9.47 Å². The van der Waals surface area contributed by atoms with E-state index in [1.807, 2.05) is 12.1 Å². The van der Waals surface area contributed by atoms with Crippen molar-refractivity contribution in [3.8, 4) is 5.75 Å². The van der Waals surface area contributed by atoms with Crippen LogP contribution >= 0.6 is 0 Å². The monoisotopic (exact) mass is 269 g/mol. The van der Waals surface area contributed by atoms with Crippen LogP contribution in [0, 0.1) is 0 Å². The normalized spacial score (nSPS) is 17.3. The van der Waals surface area contributed by atoms with Gasteiger partial charge in [-0.25, -0.2) is 4.98 Å². The van der Waals surface area contributed by atoms with E-state index in [0.29, 0.717) is 30.9 Å². The maximum atomic E-state index is 10.5. The average molecular weight is 269 g/mol. The van der Waals surface area contributed by atoms with Crippen LogP contribution in [-0.2, 0) is 11.2 Å². The molecule has 2 aromatic rings. The zero-order valence-corrected chi connectivity index (χ0v) is 11.0. The van der Waals surface area contributed by atoms with Gasteiger partial charge in [-0.05, 0) is 29.7 Å². The van der Waals surface area contributed by atoms with Gasteiger partial charge in [-0.3, -0.25) is 4.79 Å². The van der Waals surface area contributed by atoms with E-state index >= 15 is 0 Å². The molecule has 0 N–H and O–H groups in total. The third-order valence-electron chi connectivity index (χ3n) is 3.37. The molecule has 2 heterocycles. The summed E-state index contributed by atoms with van der Waals surface area (Å²) in [7, 11) is 0. The Morgan fingerprint density at radius 3 is 3.00 bits per heavy atom. The highest BCUT2D eigenvalue weighted by Gasteiger charge is 2.20. The molecule has 0 amide bonds. The molecule has 1 aromatic carbocycles. The Morgan fingerprint density at radius 1 is 1.30 bits per heavy atom. The highest BCUT2D eigenvalue weighted by atomic mass is 16.5. The van der Waals surface area contributed by atoms with Gasteiger partial charge in [0.1, 0.15) is 24.2 Å². The smallest absolute Gasteiger partial charge is 0.168 e. The summed E-state index contributed by atoms with van der Waals surface area (Å²) in [6.07, 6.45) is 3.16. The summed E-state index contributed by atoms with van der Waals surface area (Å²) in [5.74, 6) is 0.641. The molecule has 0 bridgehead atoms. The van der Waals surface area contributed by atoms with Crippen LogP contribution in [0.5, 0.6) is 5.75 Å². The van der Waals surface area contributed by atoms with Crippen molar-refractivity contribution in [1.29, 1.82) is 0 Å². The predicted octanol–water partition coefficient (Wildman–Crippen LogP) is 2.59. The fraction of sp³-hybridized carbons (Fsp3) is 0.250. The Labute approximate surface area is 117 Å². The largest absolute Gasteiger partial charge is 0.489 e. The molecule has 102 valence electrons. The van der Waals surface area contributed by atoms with Gasteiger partial charge in [-0.1, -0.05) is 24.3 Å². The number of hydrogen-bond donors (Lipinski definition) is 0. The number of pyridine rings is 1. The molecule has 1 unspecified atom stereocenters. The van der Waals surface area contributed by atoms with Crippen molar-refractivity contribution < 1.29 is 14.3 Å². The summed E-state index contributed by atoms with van der Waals surface area (Å²) < 4.78 is 11.5. The fourth-order valence-electron chi connectivity index (χ4n) is 2.33. The summed E-state index contributed by atoms with van der Waals surface area (Å²) >= 11 is 0. The Hall–Kier alpha value is -2.20. The minimum atomic E-state index is -0.0503. The third kappa shape index (κ3) is 2.70. The number of fused-ring (bicyclic) bond motifs is 1. The summed E-state index contributed by atoms with van der Waals surface area (Å²) in [5.41, 5.74) is 2.91. The number of rotatable bonds is 4. The molecule has 20 heavy (non-hydrogen) atoms. The van der Waals surface area contributed by atoms with Crippen LogP contribution in [-0.4, -0.2) is 24.5 Å². The van der Waals surface area contributed by atoms with E-state index in [-0.39, 0.29) is 6.10 Å². The Kier molecular flexibility index (Phi) is 3.74. The van der Waals surface area contributed by atoms with E-state index < -0.39 is 0 Å². The molecule has 1 aromatic heterocycles. The molecule has 4 nitrogen and oxygen atoms in total. The zero-order valence-electron chi connectivity index (χ0n) is 11.0. The molecule has 1 aliphatic rings. The topological polar surface area (TPSA) is 48.4 Å². The quantitative estimate of drug-likeness (QED) is 0.800. The summed E-state index contributed by atoms with van der Waals surface area (Å²) in [5, 5.41) is 0. The number of carbonyl (C=O) groups is 1. The van der Waals surface area contributed by atoms with Crippen LogP contribution in [0.3, 0.4) is 0 Å². The van der Waals surface area contributed by atoms with Crippen molar-refractivity contribution >= 4 is 6.29 Å². The first-order chi connectivity index (χ1) is 9.86. The second-order valence-electron chi connectivity index (χ2n) is 4.66. The first kappa shape index (κ1) is 12.8. The Bertz CT molecular complexity index is 595. The molecule has 4 heteroatoms. The Morgan fingerprint density at radius 2 is 2.20 bits per heavy atom. The lowest BCUT2D eigenvalue weighted by Crippen LogP contribution is -2.21. The second kappa shape index (κ2) is 5.84. The number of aromatic nitrogens is 1. The van der Waals surface area contributed by atoms with Crippen LogP contribution in [0.25, 0.3) is 0 Å². The third-order valence-corrected chi connectivity index (χ3v) is 3.37. The molecule has 0 aliphatic carbocycles. The van der Waals surface area contributed by atoms with E-state index in [2.05, 4.69) is 17.1 Å². The van der Waals surface area contributed by atoms with Crippen molar-refractivity contribution in [2.75, 3.05) is 13.2 Å². The number of carbonyl (C=O) groups excluding carboxylic acids is 1. The highest BCUT2D eigenvalue weighted by Crippen LogP contribution is 2.27. The summed E-state index contributed by atoms with van der Waals surface area (Å²) in [6, 6.07) is 11.6. The first-order valence-corrected chi connectivity index (χ1v) is 6.60. The van der Waals surface area contributed by atoms with Crippen molar-refractivity contribution in [3.05, 3.63) is 59.4 Å². The SMILES string of the molecule is O=Cc1ccc(OCC2OCCc3ccccc32)cn1. The predicted molar refractivity (Wildman–Crippen MR) is 74.0 cm³/mol. The maximum absolute atomic E-state index is 10.5. The lowest BCUT2D eigenvalue weighted by Gasteiger charge is -2.25. The fourth-order valence-corrected chi connectivity index (χ4v) is 2.33. The average Bonchev–Trinajstić information content (AvgIpc) is 2.53. The van der Waals surface area contributed by atoms with E-state index in [9.17, 15) is 4.79 Å². The van der Waals surface area contributed by atoms with E-state index in [1.165, 1.54) is 11.1 Å². The Balaban J connectivity index is 1.68. The van der Waals surface area contributed by atoms with E-state index in [4.69, 9.17) is 9.47 Å². The molecule has 3 rings (SSSR count). The zero-order chi connectivity index (χ0) is 13.8. The summed E-state index contributed by atoms with van der Waals surface area (Å²) in [4.78, 5) is 14.5. The van der Waals surface area contributed by atoms with Crippen molar-refractivity contribution in [1.82, 2.24) is 4.98 Å². The van der Waals surface area contributed by atoms with Crippen LogP contribution in [0.1, 0.15) is 27.7 Å². The van der Waals surface area contributed by atoms with Crippen LogP contribution < -0.4 is 4.74 Å². The molecule has 0 radical (unpaired) electrons. The second-order valence-corrected chi connectivity index (χ2v) is 4.66. The van der Waals surface area contributed by atoms with Gasteiger partial charge in [0.05, 0.1) is 12.8 Å². The van der Waals surface area contributed by atoms with Crippen molar-refractivity contribution in [3.63, 3.8) is 0 Å². The highest BCUT2D eigenvalue weighted by molar-refractivity contribution is 5.71. The molecule has 0 saturated carbocycles. The van der Waals surface area contributed by atoms with E-state index in [1.54, 1.807) is 18.3 Å². The first-order valence-electron chi connectivity index (χ1n) is 6.60. The minimum absolute atomic E-state index is 0.0503. The minimum Gasteiger partial charge on any atom is -0.489 e. The van der Waals surface area contributed by atoms with Gasteiger partial charge in [-0.15, -0.1) is 0 Å². The number of nitrogens with zero attached hydrogens (tertiary/aromatic N) is 1. The van der Waals surface area contributed by atoms with Crippen LogP contribution in [0.4, 0.5) is 0 Å². The van der Waals surface area contributed by atoms with Gasteiger partial charge in [0.15, 0.2) is 6.29 Å². The van der Waals surface area contributed by atoms with Gasteiger partial charge >= 0.3 is 0 Å². The molecule has 0 spiro atoms. The molecule has 0 fully saturated rings. The van der Waals surface area contributed by atoms with E-state index in [0.717, 1.165) is 6.42 Å². The molecule has 1 aliphatic heterocycles. The number of hydrogen-bond acceptors (Lipinski definition) is 4. The van der Waals surface area contributed by atoms with Gasteiger partial charge in [0, 0.05) is 0 Å². The number of aldehydes is 1. The van der Waals surface area contributed by atoms with Crippen LogP contribution in [0.15, 0.2) is 42.6 Å². The van der Waals surface area contributed by atoms with Crippen LogP contribution in [0.2, 0.25) is 0 Å². The van der Waals surface area contributed by atoms with Gasteiger partial charge in [0.2, 0.25) is 0 Å². The molecular formula is C16H15NO3. The lowest BCUT2D eigenvalue weighted by molar-refractivity contribution is 0.0101. The number of ether oxygens (including phenoxy) is 2. The lowest BCUT2D eigenvalue weighted by atomic mass is 9.98. The maximum Gasteiger partial charge on any atom is 0.168 e. The molecular weight excluding hydrogens is 254 g/mol.